The lowest BCUT2D eigenvalue weighted by Crippen LogP contribution is -2.52. The average Bonchev–Trinajstić information content (AvgIpc) is 2.55. The summed E-state index contributed by atoms with van der Waals surface area (Å²) in [5.41, 5.74) is 1.93. The normalized spacial score (nSPS) is 24.1. The number of hydrogen-bond acceptors (Lipinski definition) is 4. The Balaban J connectivity index is 1.69. The second-order valence-electron chi connectivity index (χ2n) is 5.77. The minimum atomic E-state index is -2.83. The van der Waals surface area contributed by atoms with Crippen LogP contribution < -0.4 is 15.4 Å². The molecule has 23 heavy (non-hydrogen) atoms. The molecule has 5 nitrogen and oxygen atoms in total. The van der Waals surface area contributed by atoms with Crippen LogP contribution in [0.15, 0.2) is 18.2 Å². The first-order valence-corrected chi connectivity index (χ1v) is 7.82. The molecule has 1 fully saturated rings. The highest BCUT2D eigenvalue weighted by Crippen LogP contribution is 2.32. The van der Waals surface area contributed by atoms with Gasteiger partial charge in [-0.25, -0.2) is 0 Å². The van der Waals surface area contributed by atoms with Crippen molar-refractivity contribution >= 4 is 5.91 Å². The van der Waals surface area contributed by atoms with E-state index in [0.717, 1.165) is 30.4 Å². The second-order valence-corrected chi connectivity index (χ2v) is 5.77. The molecule has 2 aliphatic rings. The lowest BCUT2D eigenvalue weighted by atomic mass is 9.87. The maximum atomic E-state index is 12.3. The number of amides is 1. The fourth-order valence-corrected chi connectivity index (χ4v) is 3.12. The summed E-state index contributed by atoms with van der Waals surface area (Å²) >= 11 is 0. The van der Waals surface area contributed by atoms with Gasteiger partial charge in [-0.3, -0.25) is 4.79 Å². The molecular weight excluding hydrogens is 306 g/mol. The minimum absolute atomic E-state index is 0.0875. The van der Waals surface area contributed by atoms with Crippen molar-refractivity contribution in [1.82, 2.24) is 10.6 Å². The van der Waals surface area contributed by atoms with Gasteiger partial charge in [-0.15, -0.1) is 0 Å². The first-order chi connectivity index (χ1) is 11.1. The molecule has 0 radical (unpaired) electrons. The summed E-state index contributed by atoms with van der Waals surface area (Å²) in [5.74, 6) is 0.0727. The predicted octanol–water partition coefficient (Wildman–Crippen LogP) is 1.77. The number of ether oxygens (including phenoxy) is 2. The lowest BCUT2D eigenvalue weighted by molar-refractivity contribution is -0.126. The maximum Gasteiger partial charge on any atom is 0.387 e. The van der Waals surface area contributed by atoms with Crippen LogP contribution >= 0.6 is 0 Å². The van der Waals surface area contributed by atoms with E-state index in [1.165, 1.54) is 6.07 Å². The molecule has 2 atom stereocenters. The zero-order valence-corrected chi connectivity index (χ0v) is 12.7. The van der Waals surface area contributed by atoms with E-state index in [-0.39, 0.29) is 23.7 Å². The lowest BCUT2D eigenvalue weighted by Gasteiger charge is -2.30. The van der Waals surface area contributed by atoms with Crippen LogP contribution in [0.3, 0.4) is 0 Å². The predicted molar refractivity (Wildman–Crippen MR) is 79.5 cm³/mol. The first kappa shape index (κ1) is 16.1. The van der Waals surface area contributed by atoms with Gasteiger partial charge in [0.05, 0.1) is 19.3 Å². The number of carbonyl (C=O) groups excluding carboxylic acids is 1. The highest BCUT2D eigenvalue weighted by atomic mass is 19.3. The molecule has 2 unspecified atom stereocenters. The highest BCUT2D eigenvalue weighted by molar-refractivity contribution is 5.82. The van der Waals surface area contributed by atoms with E-state index in [2.05, 4.69) is 15.4 Å². The van der Waals surface area contributed by atoms with Crippen molar-refractivity contribution in [3.63, 3.8) is 0 Å². The van der Waals surface area contributed by atoms with Crippen LogP contribution in [0.4, 0.5) is 8.78 Å². The molecule has 1 aromatic carbocycles. The van der Waals surface area contributed by atoms with Crippen LogP contribution in [0.25, 0.3) is 0 Å². The highest BCUT2D eigenvalue weighted by Gasteiger charge is 2.27. The number of alkyl halides is 2. The van der Waals surface area contributed by atoms with Gasteiger partial charge in [0.25, 0.3) is 0 Å². The Bertz CT molecular complexity index is 562. The van der Waals surface area contributed by atoms with Crippen LogP contribution in [-0.2, 0) is 16.0 Å². The smallest absolute Gasteiger partial charge is 0.387 e. The molecule has 1 saturated heterocycles. The van der Waals surface area contributed by atoms with Gasteiger partial charge in [0, 0.05) is 6.54 Å². The molecule has 0 saturated carbocycles. The van der Waals surface area contributed by atoms with Crippen molar-refractivity contribution < 1.29 is 23.0 Å². The van der Waals surface area contributed by atoms with Crippen LogP contribution in [0.1, 0.15) is 30.0 Å². The van der Waals surface area contributed by atoms with Gasteiger partial charge >= 0.3 is 6.61 Å². The molecule has 1 heterocycles. The van der Waals surface area contributed by atoms with E-state index in [0.29, 0.717) is 19.8 Å². The van der Waals surface area contributed by atoms with Crippen LogP contribution in [0, 0.1) is 0 Å². The molecule has 0 bridgehead atoms. The van der Waals surface area contributed by atoms with E-state index in [9.17, 15) is 13.6 Å². The van der Waals surface area contributed by atoms with Gasteiger partial charge in [0.15, 0.2) is 0 Å². The topological polar surface area (TPSA) is 59.6 Å². The average molecular weight is 326 g/mol. The number of carbonyl (C=O) groups is 1. The number of fused-ring (bicyclic) bond motifs is 1. The van der Waals surface area contributed by atoms with Gasteiger partial charge < -0.3 is 20.1 Å². The Morgan fingerprint density at radius 3 is 3.04 bits per heavy atom. The Kier molecular flexibility index (Phi) is 5.07. The number of halogens is 2. The second kappa shape index (κ2) is 7.23. The van der Waals surface area contributed by atoms with Crippen molar-refractivity contribution in [3.05, 3.63) is 29.3 Å². The Morgan fingerprint density at radius 1 is 1.43 bits per heavy atom. The van der Waals surface area contributed by atoms with Crippen LogP contribution in [-0.4, -0.2) is 38.3 Å². The van der Waals surface area contributed by atoms with Crippen molar-refractivity contribution in [1.29, 1.82) is 0 Å². The van der Waals surface area contributed by atoms with Crippen LogP contribution in [0.5, 0.6) is 5.75 Å². The largest absolute Gasteiger partial charge is 0.435 e. The van der Waals surface area contributed by atoms with E-state index >= 15 is 0 Å². The third-order valence-corrected chi connectivity index (χ3v) is 4.21. The Morgan fingerprint density at radius 2 is 2.30 bits per heavy atom. The third-order valence-electron chi connectivity index (χ3n) is 4.21. The molecule has 1 aliphatic carbocycles. The molecule has 1 amide bonds. The standard InChI is InChI=1S/C16H20F2N2O3/c17-16(18)23-11-4-5-12-10(8-11)2-1-3-13(12)20-15(21)14-9-22-7-6-19-14/h4-5,8,13-14,16,19H,1-3,6-7,9H2,(H,20,21). The molecule has 7 heteroatoms. The summed E-state index contributed by atoms with van der Waals surface area (Å²) in [6.07, 6.45) is 2.53. The zero-order chi connectivity index (χ0) is 16.2. The molecule has 0 spiro atoms. The monoisotopic (exact) mass is 326 g/mol. The fraction of sp³-hybridized carbons (Fsp3) is 0.562. The number of nitrogens with one attached hydrogen (secondary N) is 2. The third kappa shape index (κ3) is 3.97. The van der Waals surface area contributed by atoms with Crippen molar-refractivity contribution in [2.24, 2.45) is 0 Å². The van der Waals surface area contributed by atoms with Crippen molar-refractivity contribution in [3.8, 4) is 5.75 Å². The molecular formula is C16H20F2N2O3. The molecule has 1 aliphatic heterocycles. The minimum Gasteiger partial charge on any atom is -0.435 e. The van der Waals surface area contributed by atoms with Gasteiger partial charge in [-0.2, -0.15) is 8.78 Å². The summed E-state index contributed by atoms with van der Waals surface area (Å²) in [4.78, 5) is 12.3. The fourth-order valence-electron chi connectivity index (χ4n) is 3.12. The Hall–Kier alpha value is -1.73. The zero-order valence-electron chi connectivity index (χ0n) is 12.7. The van der Waals surface area contributed by atoms with Gasteiger partial charge in [0.2, 0.25) is 5.91 Å². The summed E-state index contributed by atoms with van der Waals surface area (Å²) in [6, 6.07) is 4.49. The SMILES string of the molecule is O=C(NC1CCCc2cc(OC(F)F)ccc21)C1COCCN1. The summed E-state index contributed by atoms with van der Waals surface area (Å²) in [5, 5.41) is 6.16. The van der Waals surface area contributed by atoms with Gasteiger partial charge in [-0.1, -0.05) is 6.07 Å². The molecule has 1 aromatic rings. The number of morpholine rings is 1. The Labute approximate surface area is 133 Å². The van der Waals surface area contributed by atoms with Gasteiger partial charge in [-0.05, 0) is 42.5 Å². The van der Waals surface area contributed by atoms with E-state index in [1.54, 1.807) is 12.1 Å². The number of rotatable bonds is 4. The van der Waals surface area contributed by atoms with Gasteiger partial charge in [0.1, 0.15) is 11.8 Å². The van der Waals surface area contributed by atoms with E-state index in [1.807, 2.05) is 0 Å². The molecule has 2 N–H and O–H groups in total. The number of hydrogen-bond donors (Lipinski definition) is 2. The summed E-state index contributed by atoms with van der Waals surface area (Å²) in [7, 11) is 0. The van der Waals surface area contributed by atoms with E-state index < -0.39 is 6.61 Å². The first-order valence-electron chi connectivity index (χ1n) is 7.82. The number of benzene rings is 1. The van der Waals surface area contributed by atoms with Crippen molar-refractivity contribution in [2.45, 2.75) is 38.0 Å². The molecule has 0 aromatic heterocycles. The van der Waals surface area contributed by atoms with Crippen molar-refractivity contribution in [2.75, 3.05) is 19.8 Å². The maximum absolute atomic E-state index is 12.3. The summed E-state index contributed by atoms with van der Waals surface area (Å²) in [6.45, 7) is -1.19. The summed E-state index contributed by atoms with van der Waals surface area (Å²) < 4.78 is 34.4. The van der Waals surface area contributed by atoms with E-state index in [4.69, 9.17) is 4.74 Å². The molecule has 3 rings (SSSR count). The number of aryl methyl sites for hydroxylation is 1. The molecule has 126 valence electrons. The quantitative estimate of drug-likeness (QED) is 0.885. The van der Waals surface area contributed by atoms with Crippen LogP contribution in [0.2, 0.25) is 0 Å².